The fourth-order valence-corrected chi connectivity index (χ4v) is 7.78. The Morgan fingerprint density at radius 1 is 0.658 bits per heavy atom. The first-order chi connectivity index (χ1) is 18.9. The Morgan fingerprint density at radius 2 is 1.39 bits per heavy atom. The standard InChI is InChI=1S/C33H20BN3S/c1-3-11-21(12-4-1)33-35-26-18-9-17-24-23-16-10-19-27-29(23)34(37(33)30(24)26)32-31(25-15-7-8-20-28(25)38-32)36(27)22-13-5-2-6-14-22/h1-20H. The van der Waals surface area contributed by atoms with Crippen molar-refractivity contribution >= 4 is 66.6 Å². The summed E-state index contributed by atoms with van der Waals surface area (Å²) in [5.74, 6) is 1.02. The van der Waals surface area contributed by atoms with Crippen LogP contribution in [0.5, 0.6) is 0 Å². The van der Waals surface area contributed by atoms with E-state index in [1.54, 1.807) is 0 Å². The quantitative estimate of drug-likeness (QED) is 0.231. The summed E-state index contributed by atoms with van der Waals surface area (Å²) in [4.78, 5) is 7.73. The second kappa shape index (κ2) is 7.47. The molecule has 0 unspecified atom stereocenters. The molecule has 0 radical (unpaired) electrons. The maximum Gasteiger partial charge on any atom is 0.345 e. The summed E-state index contributed by atoms with van der Waals surface area (Å²) in [7, 11) is 0. The number of anilines is 3. The highest BCUT2D eigenvalue weighted by atomic mass is 32.1. The molecule has 0 atom stereocenters. The van der Waals surface area contributed by atoms with Crippen molar-refractivity contribution in [2.24, 2.45) is 0 Å². The monoisotopic (exact) mass is 501 g/mol. The molecule has 7 aromatic rings. The van der Waals surface area contributed by atoms with Gasteiger partial charge in [-0.15, -0.1) is 11.3 Å². The van der Waals surface area contributed by atoms with Crippen molar-refractivity contribution in [2.75, 3.05) is 4.90 Å². The van der Waals surface area contributed by atoms with Gasteiger partial charge in [-0.05, 0) is 41.4 Å². The number of nitrogens with zero attached hydrogens (tertiary/aromatic N) is 3. The molecule has 0 bridgehead atoms. The number of benzene rings is 5. The van der Waals surface area contributed by atoms with Crippen molar-refractivity contribution in [3.8, 4) is 22.5 Å². The van der Waals surface area contributed by atoms with Gasteiger partial charge in [0.15, 0.2) is 0 Å². The van der Waals surface area contributed by atoms with Crippen molar-refractivity contribution < 1.29 is 0 Å². The van der Waals surface area contributed by atoms with Crippen LogP contribution in [0, 0.1) is 0 Å². The van der Waals surface area contributed by atoms with Gasteiger partial charge in [-0.1, -0.05) is 91.0 Å². The Labute approximate surface area is 224 Å². The number of hydrogen-bond acceptors (Lipinski definition) is 3. The molecule has 0 saturated carbocycles. The van der Waals surface area contributed by atoms with Gasteiger partial charge in [-0.25, -0.2) is 4.98 Å². The average Bonchev–Trinajstić information content (AvgIpc) is 3.56. The number of rotatable bonds is 2. The number of para-hydroxylation sites is 2. The Hall–Kier alpha value is -4.61. The second-order valence-electron chi connectivity index (χ2n) is 9.97. The summed E-state index contributed by atoms with van der Waals surface area (Å²) in [6.07, 6.45) is 0. The maximum atomic E-state index is 5.25. The first kappa shape index (κ1) is 20.5. The van der Waals surface area contributed by atoms with E-state index in [-0.39, 0.29) is 6.85 Å². The van der Waals surface area contributed by atoms with Crippen LogP contribution in [0.25, 0.3) is 43.6 Å². The second-order valence-corrected chi connectivity index (χ2v) is 11.1. The first-order valence-electron chi connectivity index (χ1n) is 12.9. The maximum absolute atomic E-state index is 5.25. The van der Waals surface area contributed by atoms with Crippen LogP contribution >= 0.6 is 11.3 Å². The van der Waals surface area contributed by atoms with E-state index in [0.29, 0.717) is 0 Å². The van der Waals surface area contributed by atoms with Gasteiger partial charge in [0, 0.05) is 37.4 Å². The van der Waals surface area contributed by atoms with Gasteiger partial charge >= 0.3 is 6.85 Å². The highest BCUT2D eigenvalue weighted by Crippen LogP contribution is 2.47. The highest BCUT2D eigenvalue weighted by Gasteiger charge is 2.44. The SMILES string of the molecule is c1ccc(-c2nc3cccc4c3n2B2c3sc5ccccc5c3N(c3ccccc3)c3cccc-4c32)cc1. The minimum absolute atomic E-state index is 0.0451. The molecule has 4 heterocycles. The van der Waals surface area contributed by atoms with Crippen molar-refractivity contribution in [1.29, 1.82) is 0 Å². The third-order valence-corrected chi connectivity index (χ3v) is 9.18. The Balaban J connectivity index is 1.47. The van der Waals surface area contributed by atoms with Crippen molar-refractivity contribution in [2.45, 2.75) is 0 Å². The molecule has 0 aliphatic carbocycles. The van der Waals surface area contributed by atoms with Crippen molar-refractivity contribution in [1.82, 2.24) is 9.46 Å². The number of imidazole rings is 1. The fraction of sp³-hybridized carbons (Fsp3) is 0. The molecule has 0 N–H and O–H groups in total. The molecule has 2 aromatic heterocycles. The summed E-state index contributed by atoms with van der Waals surface area (Å²) in [5.41, 5.74) is 11.0. The van der Waals surface area contributed by atoms with Gasteiger partial charge in [-0.3, -0.25) is 0 Å². The van der Waals surface area contributed by atoms with E-state index in [4.69, 9.17) is 4.98 Å². The smallest absolute Gasteiger partial charge is 0.345 e. The summed E-state index contributed by atoms with van der Waals surface area (Å²) in [6.45, 7) is 0.0451. The van der Waals surface area contributed by atoms with Crippen LogP contribution in [0.2, 0.25) is 0 Å². The van der Waals surface area contributed by atoms with Gasteiger partial charge in [0.2, 0.25) is 0 Å². The van der Waals surface area contributed by atoms with Crippen LogP contribution < -0.4 is 15.1 Å². The number of fused-ring (bicyclic) bond motifs is 6. The van der Waals surface area contributed by atoms with E-state index in [0.717, 1.165) is 16.9 Å². The van der Waals surface area contributed by atoms with Gasteiger partial charge in [0.1, 0.15) is 5.82 Å². The minimum atomic E-state index is 0.0451. The Bertz CT molecular complexity index is 2040. The minimum Gasteiger partial charge on any atom is -0.358 e. The lowest BCUT2D eigenvalue weighted by atomic mass is 9.48. The zero-order valence-corrected chi connectivity index (χ0v) is 21.2. The van der Waals surface area contributed by atoms with Gasteiger partial charge in [0.05, 0.1) is 16.7 Å². The van der Waals surface area contributed by atoms with Crippen LogP contribution in [-0.4, -0.2) is 16.3 Å². The first-order valence-corrected chi connectivity index (χ1v) is 13.8. The summed E-state index contributed by atoms with van der Waals surface area (Å²) in [6, 6.07) is 43.6. The Morgan fingerprint density at radius 3 is 2.26 bits per heavy atom. The van der Waals surface area contributed by atoms with E-state index in [1.165, 1.54) is 54.0 Å². The molecule has 3 nitrogen and oxygen atoms in total. The summed E-state index contributed by atoms with van der Waals surface area (Å²) in [5, 5.41) is 1.30. The topological polar surface area (TPSA) is 21.1 Å². The van der Waals surface area contributed by atoms with E-state index in [2.05, 4.69) is 131 Å². The molecule has 38 heavy (non-hydrogen) atoms. The van der Waals surface area contributed by atoms with E-state index < -0.39 is 0 Å². The van der Waals surface area contributed by atoms with Crippen molar-refractivity contribution in [3.05, 3.63) is 121 Å². The van der Waals surface area contributed by atoms with Gasteiger partial charge < -0.3 is 9.38 Å². The molecule has 9 rings (SSSR count). The average molecular weight is 501 g/mol. The molecule has 5 aromatic carbocycles. The van der Waals surface area contributed by atoms with Crippen LogP contribution in [0.3, 0.4) is 0 Å². The lowest BCUT2D eigenvalue weighted by Gasteiger charge is -2.39. The van der Waals surface area contributed by atoms with Crippen molar-refractivity contribution in [3.63, 3.8) is 0 Å². The molecule has 2 aliphatic heterocycles. The van der Waals surface area contributed by atoms with Crippen LogP contribution in [0.4, 0.5) is 17.1 Å². The number of aromatic nitrogens is 2. The zero-order chi connectivity index (χ0) is 24.8. The molecule has 0 saturated heterocycles. The van der Waals surface area contributed by atoms with Crippen LogP contribution in [0.1, 0.15) is 0 Å². The van der Waals surface area contributed by atoms with Crippen LogP contribution in [-0.2, 0) is 0 Å². The fourth-order valence-electron chi connectivity index (χ4n) is 6.49. The highest BCUT2D eigenvalue weighted by molar-refractivity contribution is 7.31. The third kappa shape index (κ3) is 2.56. The molecular weight excluding hydrogens is 481 g/mol. The predicted octanol–water partition coefficient (Wildman–Crippen LogP) is 7.34. The summed E-state index contributed by atoms with van der Waals surface area (Å²) < 4.78 is 5.19. The molecular formula is C33H20BN3S. The van der Waals surface area contributed by atoms with Gasteiger partial charge in [0.25, 0.3) is 0 Å². The number of thiophene rings is 1. The molecule has 176 valence electrons. The van der Waals surface area contributed by atoms with E-state index in [9.17, 15) is 0 Å². The molecule has 5 heteroatoms. The third-order valence-electron chi connectivity index (χ3n) is 7.97. The lowest BCUT2D eigenvalue weighted by Crippen LogP contribution is -2.55. The lowest BCUT2D eigenvalue weighted by molar-refractivity contribution is 1.20. The number of hydrogen-bond donors (Lipinski definition) is 0. The normalized spacial score (nSPS) is 13.2. The molecule has 0 amide bonds. The zero-order valence-electron chi connectivity index (χ0n) is 20.4. The van der Waals surface area contributed by atoms with Gasteiger partial charge in [-0.2, -0.15) is 0 Å². The summed E-state index contributed by atoms with van der Waals surface area (Å²) >= 11 is 1.91. The molecule has 0 spiro atoms. The molecule has 0 fully saturated rings. The predicted molar refractivity (Wildman–Crippen MR) is 161 cm³/mol. The van der Waals surface area contributed by atoms with Crippen LogP contribution in [0.15, 0.2) is 121 Å². The van der Waals surface area contributed by atoms with E-state index in [1.807, 2.05) is 11.3 Å². The molecule has 2 aliphatic rings. The largest absolute Gasteiger partial charge is 0.358 e. The van der Waals surface area contributed by atoms with E-state index >= 15 is 0 Å². The Kier molecular flexibility index (Phi) is 4.02.